The van der Waals surface area contributed by atoms with Gasteiger partial charge in [-0.1, -0.05) is 24.3 Å². The molecule has 180 valence electrons. The quantitative estimate of drug-likeness (QED) is 0.326. The fourth-order valence-corrected chi connectivity index (χ4v) is 6.86. The van der Waals surface area contributed by atoms with E-state index in [1.165, 1.54) is 36.5 Å². The number of aromatic hydroxyl groups is 1. The molecule has 3 N–H and O–H groups in total. The second-order valence-corrected chi connectivity index (χ2v) is 12.1. The summed E-state index contributed by atoms with van der Waals surface area (Å²) in [6.07, 6.45) is 1.31. The van der Waals surface area contributed by atoms with Crippen LogP contribution in [-0.4, -0.2) is 49.0 Å². The number of nitrogen functional groups attached to an aromatic ring is 1. The number of hydrogen-bond donors (Lipinski definition) is 2. The fourth-order valence-electron chi connectivity index (χ4n) is 3.06. The van der Waals surface area contributed by atoms with Crippen LogP contribution in [0.3, 0.4) is 0 Å². The Morgan fingerprint density at radius 3 is 2.35 bits per heavy atom. The minimum Gasteiger partial charge on any atom is -0.508 e. The highest BCUT2D eigenvalue weighted by molar-refractivity contribution is 7.97. The maximum absolute atomic E-state index is 12.9. The Bertz CT molecular complexity index is 1370. The van der Waals surface area contributed by atoms with Crippen LogP contribution in [0.4, 0.5) is 5.82 Å². The van der Waals surface area contributed by atoms with Crippen molar-refractivity contribution in [1.29, 1.82) is 0 Å². The molecule has 0 saturated carbocycles. The van der Waals surface area contributed by atoms with Gasteiger partial charge in [0.15, 0.2) is 26.9 Å². The average Bonchev–Trinajstić information content (AvgIpc) is 2.81. The minimum absolute atomic E-state index is 0.0320. The third-order valence-electron chi connectivity index (χ3n) is 5.10. The van der Waals surface area contributed by atoms with E-state index in [0.29, 0.717) is 22.4 Å². The smallest absolute Gasteiger partial charge is 0.345 e. The Morgan fingerprint density at radius 2 is 1.76 bits per heavy atom. The summed E-state index contributed by atoms with van der Waals surface area (Å²) in [6.45, 7) is 1.76. The van der Waals surface area contributed by atoms with Gasteiger partial charge in [0.1, 0.15) is 11.4 Å². The first-order valence-corrected chi connectivity index (χ1v) is 13.3. The number of sulfone groups is 1. The number of aryl methyl sites for hydroxylation is 1. The Labute approximate surface area is 197 Å². The normalized spacial score (nSPS) is 12.0. The van der Waals surface area contributed by atoms with Crippen LogP contribution < -0.4 is 5.73 Å². The van der Waals surface area contributed by atoms with Crippen molar-refractivity contribution in [3.63, 3.8) is 0 Å². The largest absolute Gasteiger partial charge is 0.508 e. The van der Waals surface area contributed by atoms with Crippen LogP contribution in [0.15, 0.2) is 53.6 Å². The van der Waals surface area contributed by atoms with Crippen molar-refractivity contribution in [3.05, 3.63) is 65.5 Å². The number of nitrogens with zero attached hydrogens (tertiary/aromatic N) is 2. The van der Waals surface area contributed by atoms with Crippen LogP contribution in [0.1, 0.15) is 21.6 Å². The van der Waals surface area contributed by atoms with Gasteiger partial charge in [-0.05, 0) is 36.2 Å². The number of nitrogens with two attached hydrogens (primary N) is 1. The molecule has 0 aliphatic heterocycles. The third-order valence-corrected chi connectivity index (χ3v) is 9.83. The van der Waals surface area contributed by atoms with E-state index in [1.807, 2.05) is 0 Å². The molecule has 2 aromatic carbocycles. The van der Waals surface area contributed by atoms with Gasteiger partial charge >= 0.3 is 7.60 Å². The maximum atomic E-state index is 12.9. The minimum atomic E-state index is -3.95. The van der Waals surface area contributed by atoms with Crippen molar-refractivity contribution in [1.82, 2.24) is 9.97 Å². The number of hydrogen-bond acceptors (Lipinski definition) is 10. The highest BCUT2D eigenvalue weighted by atomic mass is 32.2. The van der Waals surface area contributed by atoms with E-state index in [9.17, 15) is 22.9 Å². The van der Waals surface area contributed by atoms with Gasteiger partial charge in [0.2, 0.25) is 0 Å². The van der Waals surface area contributed by atoms with Gasteiger partial charge < -0.3 is 19.9 Å². The number of carbonyl (C=O) groups excluding carboxylic acids is 1. The van der Waals surface area contributed by atoms with E-state index in [4.69, 9.17) is 14.8 Å². The number of phenols is 1. The fraction of sp³-hybridized carbons (Fsp3) is 0.227. The molecule has 0 spiro atoms. The lowest BCUT2D eigenvalue weighted by Gasteiger charge is -2.14. The molecule has 0 radical (unpaired) electrons. The standard InChI is InChI=1S/C22H24N3O7PS/c1-14-4-7-16(11-19(14)26)18-12-24-22(23)21(25-18)20(27)10-15-5-8-17(9-6-15)34(29,30)13-33(28,31-2)32-3/h4-9,11-12,26H,10,13H2,1-3H3,(H2,23,24). The molecule has 0 amide bonds. The van der Waals surface area contributed by atoms with Crippen molar-refractivity contribution in [2.45, 2.75) is 18.2 Å². The van der Waals surface area contributed by atoms with Crippen LogP contribution in [0.5, 0.6) is 5.75 Å². The van der Waals surface area contributed by atoms with E-state index in [1.54, 1.807) is 19.1 Å². The number of Topliss-reactive ketones (excluding diaryl/α,β-unsaturated/α-hetero) is 1. The number of ketones is 1. The summed E-state index contributed by atoms with van der Waals surface area (Å²) < 4.78 is 46.7. The summed E-state index contributed by atoms with van der Waals surface area (Å²) in [7, 11) is -5.50. The Kier molecular flexibility index (Phi) is 7.52. The average molecular weight is 505 g/mol. The van der Waals surface area contributed by atoms with Gasteiger partial charge in [0.25, 0.3) is 0 Å². The topological polar surface area (TPSA) is 159 Å². The first kappa shape index (κ1) is 25.5. The van der Waals surface area contributed by atoms with Crippen LogP contribution in [-0.2, 0) is 29.9 Å². The lowest BCUT2D eigenvalue weighted by Crippen LogP contribution is -2.12. The van der Waals surface area contributed by atoms with Crippen LogP contribution in [0.2, 0.25) is 0 Å². The molecule has 0 aliphatic carbocycles. The van der Waals surface area contributed by atoms with E-state index in [-0.39, 0.29) is 28.6 Å². The molecule has 3 aromatic rings. The van der Waals surface area contributed by atoms with Gasteiger partial charge in [-0.25, -0.2) is 18.4 Å². The number of benzene rings is 2. The van der Waals surface area contributed by atoms with Gasteiger partial charge in [0, 0.05) is 26.2 Å². The summed E-state index contributed by atoms with van der Waals surface area (Å²) >= 11 is 0. The highest BCUT2D eigenvalue weighted by Crippen LogP contribution is 2.48. The van der Waals surface area contributed by atoms with Crippen molar-refractivity contribution < 1.29 is 31.9 Å². The predicted molar refractivity (Wildman–Crippen MR) is 126 cm³/mol. The van der Waals surface area contributed by atoms with Gasteiger partial charge in [-0.2, -0.15) is 0 Å². The molecule has 0 aliphatic rings. The molecular weight excluding hydrogens is 481 g/mol. The lowest BCUT2D eigenvalue weighted by atomic mass is 10.1. The molecule has 0 saturated heterocycles. The molecule has 0 fully saturated rings. The molecule has 1 aromatic heterocycles. The predicted octanol–water partition coefficient (Wildman–Crippen LogP) is 3.38. The van der Waals surface area contributed by atoms with Crippen LogP contribution >= 0.6 is 7.60 Å². The van der Waals surface area contributed by atoms with Crippen molar-refractivity contribution >= 4 is 29.0 Å². The molecule has 3 rings (SSSR count). The number of rotatable bonds is 9. The number of phenolic OH excluding ortho intramolecular Hbond substituents is 1. The van der Waals surface area contributed by atoms with Crippen molar-refractivity contribution in [3.8, 4) is 17.0 Å². The summed E-state index contributed by atoms with van der Waals surface area (Å²) in [5.74, 6) is -0.368. The summed E-state index contributed by atoms with van der Waals surface area (Å²) in [4.78, 5) is 21.2. The Morgan fingerprint density at radius 1 is 1.12 bits per heavy atom. The molecular formula is C22H24N3O7PS. The Balaban J connectivity index is 1.81. The summed E-state index contributed by atoms with van der Waals surface area (Å²) in [6, 6.07) is 10.6. The SMILES string of the molecule is COP(=O)(CS(=O)(=O)c1ccc(CC(=O)c2nc(-c3ccc(C)c(O)c3)cnc2N)cc1)OC. The Hall–Kier alpha value is -3.11. The number of anilines is 1. The van der Waals surface area contributed by atoms with E-state index >= 15 is 0 Å². The van der Waals surface area contributed by atoms with E-state index in [2.05, 4.69) is 9.97 Å². The van der Waals surface area contributed by atoms with Gasteiger partial charge in [-0.15, -0.1) is 0 Å². The number of aromatic nitrogens is 2. The third kappa shape index (κ3) is 5.68. The van der Waals surface area contributed by atoms with Crippen molar-refractivity contribution in [2.75, 3.05) is 25.4 Å². The van der Waals surface area contributed by atoms with Gasteiger partial charge in [-0.3, -0.25) is 9.36 Å². The second-order valence-electron chi connectivity index (χ2n) is 7.45. The molecule has 0 bridgehead atoms. The molecule has 12 heteroatoms. The van der Waals surface area contributed by atoms with Gasteiger partial charge in [0.05, 0.1) is 16.8 Å². The summed E-state index contributed by atoms with van der Waals surface area (Å²) in [5.41, 5.74) is 7.19. The summed E-state index contributed by atoms with van der Waals surface area (Å²) in [5, 5.41) is 9.95. The lowest BCUT2D eigenvalue weighted by molar-refractivity contribution is 0.0989. The van der Waals surface area contributed by atoms with Crippen molar-refractivity contribution in [2.24, 2.45) is 0 Å². The molecule has 0 unspecified atom stereocenters. The maximum Gasteiger partial charge on any atom is 0.345 e. The van der Waals surface area contributed by atoms with E-state index < -0.39 is 28.7 Å². The highest BCUT2D eigenvalue weighted by Gasteiger charge is 2.31. The van der Waals surface area contributed by atoms with E-state index in [0.717, 1.165) is 14.2 Å². The zero-order valence-electron chi connectivity index (χ0n) is 18.8. The monoisotopic (exact) mass is 505 g/mol. The molecule has 10 nitrogen and oxygen atoms in total. The first-order chi connectivity index (χ1) is 16.0. The van der Waals surface area contributed by atoms with Crippen LogP contribution in [0, 0.1) is 6.92 Å². The van der Waals surface area contributed by atoms with Crippen LogP contribution in [0.25, 0.3) is 11.3 Å². The molecule has 1 heterocycles. The first-order valence-electron chi connectivity index (χ1n) is 9.96. The molecule has 34 heavy (non-hydrogen) atoms. The molecule has 0 atom stereocenters. The zero-order chi connectivity index (χ0) is 25.1. The zero-order valence-corrected chi connectivity index (χ0v) is 20.5. The number of carbonyl (C=O) groups is 1. The second kappa shape index (κ2) is 10.0.